The van der Waals surface area contributed by atoms with E-state index in [0.29, 0.717) is 65.4 Å². The first-order chi connectivity index (χ1) is 15.5. The molecule has 0 saturated carbocycles. The van der Waals surface area contributed by atoms with E-state index in [1.807, 2.05) is 11.5 Å². The quantitative estimate of drug-likeness (QED) is 0.408. The van der Waals surface area contributed by atoms with Crippen LogP contribution in [0.4, 0.5) is 5.95 Å². The molecule has 0 radical (unpaired) electrons. The van der Waals surface area contributed by atoms with Gasteiger partial charge in [0.2, 0.25) is 11.9 Å². The minimum atomic E-state index is -1.06. The molecule has 1 aliphatic rings. The number of aliphatic hydroxyl groups is 2. The zero-order valence-corrected chi connectivity index (χ0v) is 18.7. The van der Waals surface area contributed by atoms with Crippen molar-refractivity contribution in [1.82, 2.24) is 14.5 Å². The first-order valence-corrected chi connectivity index (χ1v) is 11.4. The Kier molecular flexibility index (Phi) is 6.89. The second kappa shape index (κ2) is 9.82. The van der Waals surface area contributed by atoms with Gasteiger partial charge in [0.15, 0.2) is 6.23 Å². The number of carbonyl (C=O) groups is 1. The number of ether oxygens (including phenoxy) is 2. The maximum absolute atomic E-state index is 11.8. The summed E-state index contributed by atoms with van der Waals surface area (Å²) in [5, 5.41) is 24.0. The van der Waals surface area contributed by atoms with Gasteiger partial charge in [0, 0.05) is 31.7 Å². The Balaban J connectivity index is 1.77. The highest BCUT2D eigenvalue weighted by atomic mass is 32.1. The molecule has 3 heterocycles. The third-order valence-electron chi connectivity index (χ3n) is 5.21. The van der Waals surface area contributed by atoms with Crippen molar-refractivity contribution in [2.45, 2.75) is 45.6 Å². The topological polar surface area (TPSA) is 145 Å². The van der Waals surface area contributed by atoms with Gasteiger partial charge in [-0.05, 0) is 25.0 Å². The normalized spacial score (nSPS) is 15.7. The van der Waals surface area contributed by atoms with Gasteiger partial charge in [-0.25, -0.2) is 9.97 Å². The molecule has 1 aliphatic heterocycles. The number of amides is 1. The van der Waals surface area contributed by atoms with Gasteiger partial charge in [-0.1, -0.05) is 6.92 Å². The summed E-state index contributed by atoms with van der Waals surface area (Å²) in [6.45, 7) is 3.94. The lowest BCUT2D eigenvalue weighted by Gasteiger charge is -2.16. The van der Waals surface area contributed by atoms with Crippen molar-refractivity contribution in [1.29, 1.82) is 0 Å². The molecule has 3 aromatic rings. The highest BCUT2D eigenvalue weighted by Gasteiger charge is 2.23. The lowest BCUT2D eigenvalue weighted by molar-refractivity contribution is 0.0999. The number of aliphatic hydroxyl groups excluding tert-OH is 2. The lowest BCUT2D eigenvalue weighted by Crippen LogP contribution is -2.15. The van der Waals surface area contributed by atoms with E-state index in [1.54, 1.807) is 12.1 Å². The Hall–Kier alpha value is -2.73. The van der Waals surface area contributed by atoms with Crippen LogP contribution in [0.1, 0.15) is 51.9 Å². The number of thiazole rings is 1. The number of carbonyl (C=O) groups excluding carboxylic acids is 1. The first kappa shape index (κ1) is 22.5. The molecule has 172 valence electrons. The highest BCUT2D eigenvalue weighted by molar-refractivity contribution is 7.11. The van der Waals surface area contributed by atoms with E-state index >= 15 is 0 Å². The Labute approximate surface area is 189 Å². The van der Waals surface area contributed by atoms with E-state index in [4.69, 9.17) is 15.2 Å². The fourth-order valence-electron chi connectivity index (χ4n) is 3.72. The van der Waals surface area contributed by atoms with Crippen molar-refractivity contribution in [3.8, 4) is 5.75 Å². The van der Waals surface area contributed by atoms with Gasteiger partial charge in [-0.3, -0.25) is 4.79 Å². The van der Waals surface area contributed by atoms with Crippen molar-refractivity contribution in [3.05, 3.63) is 33.3 Å². The predicted octanol–water partition coefficient (Wildman–Crippen LogP) is 1.94. The molecule has 4 rings (SSSR count). The van der Waals surface area contributed by atoms with E-state index in [-0.39, 0.29) is 6.61 Å². The smallest absolute Gasteiger partial charge is 0.248 e. The summed E-state index contributed by atoms with van der Waals surface area (Å²) in [6, 6.07) is 3.26. The first-order valence-electron chi connectivity index (χ1n) is 10.6. The summed E-state index contributed by atoms with van der Waals surface area (Å²) >= 11 is 1.26. The Morgan fingerprint density at radius 3 is 2.88 bits per heavy atom. The van der Waals surface area contributed by atoms with Crippen LogP contribution in [0.3, 0.4) is 0 Å². The summed E-state index contributed by atoms with van der Waals surface area (Å²) in [4.78, 5) is 21.5. The molecule has 0 saturated heterocycles. The molecule has 1 unspecified atom stereocenters. The summed E-state index contributed by atoms with van der Waals surface area (Å²) in [7, 11) is 0. The van der Waals surface area contributed by atoms with Crippen LogP contribution >= 0.6 is 11.3 Å². The second-order valence-corrected chi connectivity index (χ2v) is 8.55. The van der Waals surface area contributed by atoms with E-state index in [1.165, 1.54) is 11.3 Å². The lowest BCUT2D eigenvalue weighted by atomic mass is 10.1. The second-order valence-electron chi connectivity index (χ2n) is 7.44. The molecule has 2 aromatic heterocycles. The van der Waals surface area contributed by atoms with E-state index in [2.05, 4.69) is 15.3 Å². The number of benzene rings is 1. The van der Waals surface area contributed by atoms with Crippen LogP contribution in [0.25, 0.3) is 11.0 Å². The van der Waals surface area contributed by atoms with Crippen LogP contribution < -0.4 is 15.8 Å². The van der Waals surface area contributed by atoms with Gasteiger partial charge in [-0.15, -0.1) is 11.3 Å². The number of primary amides is 1. The molecular weight excluding hydrogens is 434 g/mol. The van der Waals surface area contributed by atoms with Gasteiger partial charge < -0.3 is 35.3 Å². The Morgan fingerprint density at radius 2 is 2.12 bits per heavy atom. The van der Waals surface area contributed by atoms with Crippen LogP contribution in [0.15, 0.2) is 12.1 Å². The maximum Gasteiger partial charge on any atom is 0.248 e. The van der Waals surface area contributed by atoms with Crippen molar-refractivity contribution in [2.75, 3.05) is 25.1 Å². The minimum Gasteiger partial charge on any atom is -0.491 e. The van der Waals surface area contributed by atoms with Gasteiger partial charge in [0.1, 0.15) is 16.3 Å². The highest BCUT2D eigenvalue weighted by Crippen LogP contribution is 2.34. The van der Waals surface area contributed by atoms with Gasteiger partial charge >= 0.3 is 0 Å². The maximum atomic E-state index is 11.8. The summed E-state index contributed by atoms with van der Waals surface area (Å²) < 4.78 is 13.5. The van der Waals surface area contributed by atoms with Crippen molar-refractivity contribution in [2.24, 2.45) is 5.73 Å². The summed E-state index contributed by atoms with van der Waals surface area (Å²) in [5.74, 6) is 0.379. The summed E-state index contributed by atoms with van der Waals surface area (Å²) in [6.07, 6.45) is 1.02. The number of nitrogens with zero attached hydrogens (tertiary/aromatic N) is 3. The van der Waals surface area contributed by atoms with Crippen molar-refractivity contribution >= 4 is 34.2 Å². The monoisotopic (exact) mass is 461 g/mol. The number of nitrogens with one attached hydrogen (secondary N) is 1. The van der Waals surface area contributed by atoms with Crippen LogP contribution in [0, 0.1) is 0 Å². The van der Waals surface area contributed by atoms with E-state index in [9.17, 15) is 15.0 Å². The van der Waals surface area contributed by atoms with Crippen molar-refractivity contribution in [3.63, 3.8) is 0 Å². The number of aryl methyl sites for hydroxylation is 2. The fraction of sp³-hybridized carbons (Fsp3) is 0.476. The number of aromatic nitrogens is 3. The standard InChI is InChI=1S/C21H27N5O5S/c1-2-13-18(32-16(11-27)23-13)20(29)25-21-24-14-9-12(19(22)28)10-15-17(14)26(21)5-3-6-30-7-4-8-31-15/h9-10,20,27,29H,2-8,11H2,1H3,(H2,22,28)(H,24,25). The molecule has 0 bridgehead atoms. The van der Waals surface area contributed by atoms with Gasteiger partial charge in [0.05, 0.1) is 29.3 Å². The Bertz CT molecular complexity index is 1110. The molecule has 0 aliphatic carbocycles. The Morgan fingerprint density at radius 1 is 1.31 bits per heavy atom. The molecule has 32 heavy (non-hydrogen) atoms. The zero-order valence-electron chi connectivity index (χ0n) is 17.8. The SMILES string of the molecule is CCc1nc(CO)sc1C(O)Nc1nc2cc(C(N)=O)cc3c2n1CCCOCCCO3. The third kappa shape index (κ3) is 4.56. The van der Waals surface area contributed by atoms with Crippen LogP contribution in [0.2, 0.25) is 0 Å². The van der Waals surface area contributed by atoms with Gasteiger partial charge in [0.25, 0.3) is 0 Å². The summed E-state index contributed by atoms with van der Waals surface area (Å²) in [5.41, 5.74) is 7.81. The van der Waals surface area contributed by atoms with E-state index < -0.39 is 12.1 Å². The van der Waals surface area contributed by atoms with E-state index in [0.717, 1.165) is 24.1 Å². The molecule has 0 spiro atoms. The average Bonchev–Trinajstić information content (AvgIpc) is 3.34. The third-order valence-corrected chi connectivity index (χ3v) is 6.34. The van der Waals surface area contributed by atoms with Crippen LogP contribution in [0.5, 0.6) is 5.75 Å². The molecule has 5 N–H and O–H groups in total. The fourth-order valence-corrected chi connectivity index (χ4v) is 4.67. The number of nitrogens with two attached hydrogens (primary N) is 1. The number of anilines is 1. The molecule has 1 amide bonds. The number of rotatable bonds is 6. The molecule has 10 nitrogen and oxygen atoms in total. The molecule has 1 atom stereocenters. The molecular formula is C21H27N5O5S. The molecule has 0 fully saturated rings. The minimum absolute atomic E-state index is 0.181. The van der Waals surface area contributed by atoms with Crippen molar-refractivity contribution < 1.29 is 24.5 Å². The van der Waals surface area contributed by atoms with Crippen LogP contribution in [-0.2, 0) is 24.3 Å². The zero-order chi connectivity index (χ0) is 22.7. The number of imidazole rings is 1. The van der Waals surface area contributed by atoms with Crippen LogP contribution in [-0.4, -0.2) is 50.5 Å². The average molecular weight is 462 g/mol. The molecule has 1 aromatic carbocycles. The largest absolute Gasteiger partial charge is 0.491 e. The van der Waals surface area contributed by atoms with Gasteiger partial charge in [-0.2, -0.15) is 0 Å². The number of hydrogen-bond donors (Lipinski definition) is 4. The number of hydrogen-bond acceptors (Lipinski definition) is 9. The predicted molar refractivity (Wildman–Crippen MR) is 120 cm³/mol. The molecule has 11 heteroatoms.